The summed E-state index contributed by atoms with van der Waals surface area (Å²) in [6.45, 7) is 0. The molecule has 0 unspecified atom stereocenters. The quantitative estimate of drug-likeness (QED) is 0.188. The van der Waals surface area contributed by atoms with E-state index in [1.54, 1.807) is 0 Å². The van der Waals surface area contributed by atoms with Crippen molar-refractivity contribution in [2.45, 2.75) is 0 Å². The van der Waals surface area contributed by atoms with Crippen molar-refractivity contribution in [3.05, 3.63) is 170 Å². The first-order chi connectivity index (χ1) is 26.1. The number of hydrogen-bond donors (Lipinski definition) is 0. The van der Waals surface area contributed by atoms with Crippen molar-refractivity contribution in [1.82, 2.24) is 0 Å². The Labute approximate surface area is 274 Å². The van der Waals surface area contributed by atoms with Gasteiger partial charge in [-0.15, -0.1) is 0 Å². The van der Waals surface area contributed by atoms with Crippen LogP contribution in [0.1, 0.15) is 12.3 Å². The lowest BCUT2D eigenvalue weighted by Crippen LogP contribution is -1.92. The molecule has 1 heteroatoms. The second kappa shape index (κ2) is 10.4. The van der Waals surface area contributed by atoms with Crippen LogP contribution in [0.2, 0.25) is 0 Å². The second-order valence-electron chi connectivity index (χ2n) is 11.0. The summed E-state index contributed by atoms with van der Waals surface area (Å²) in [5.41, 5.74) is 6.19. The summed E-state index contributed by atoms with van der Waals surface area (Å²) >= 11 is 0. The van der Waals surface area contributed by atoms with Crippen LogP contribution in [0.15, 0.2) is 174 Å². The first-order valence-corrected chi connectivity index (χ1v) is 14.7. The maximum atomic E-state index is 9.35. The van der Waals surface area contributed by atoms with Crippen LogP contribution >= 0.6 is 0 Å². The lowest BCUT2D eigenvalue weighted by Gasteiger charge is -2.19. The molecule has 0 N–H and O–H groups in total. The predicted molar refractivity (Wildman–Crippen MR) is 190 cm³/mol. The molecule has 210 valence electrons. The minimum absolute atomic E-state index is 0.0700. The molecule has 0 saturated heterocycles. The van der Waals surface area contributed by atoms with E-state index >= 15 is 0 Å². The van der Waals surface area contributed by atoms with E-state index in [9.17, 15) is 2.74 Å². The number of para-hydroxylation sites is 1. The van der Waals surface area contributed by atoms with Gasteiger partial charge in [0.2, 0.25) is 0 Å². The molecule has 8 aromatic carbocycles. The minimum Gasteiger partial charge on any atom is -0.456 e. The molecule has 1 aromatic heterocycles. The Morgan fingerprint density at radius 1 is 0.378 bits per heavy atom. The molecule has 0 atom stereocenters. The van der Waals surface area contributed by atoms with Crippen molar-refractivity contribution in [1.29, 1.82) is 0 Å². The lowest BCUT2D eigenvalue weighted by atomic mass is 9.84. The highest BCUT2D eigenvalue weighted by Gasteiger charge is 2.19. The van der Waals surface area contributed by atoms with E-state index in [0.717, 1.165) is 44.2 Å². The Morgan fingerprint density at radius 2 is 1.04 bits per heavy atom. The average molecular weight is 582 g/mol. The third-order valence-corrected chi connectivity index (χ3v) is 8.47. The van der Waals surface area contributed by atoms with Crippen LogP contribution < -0.4 is 0 Å². The molecule has 1 heterocycles. The standard InChI is InChI=1S/C44H28O/c1-3-13-29(14-4-1)31-25-26-37-39(28-31)42(30-15-5-2-6-16-30)35-19-7-8-20-36(35)43(37)33-18-11-17-32(27-33)34-22-12-24-41-44(34)38-21-9-10-23-40(38)45-41/h1-28H/i2D,5D,6D,7D,8D,15D,16D,19D,20D. The van der Waals surface area contributed by atoms with Crippen molar-refractivity contribution in [3.8, 4) is 44.5 Å². The fourth-order valence-electron chi connectivity index (χ4n) is 6.53. The zero-order chi connectivity index (χ0) is 37.6. The van der Waals surface area contributed by atoms with Crippen LogP contribution in [0.3, 0.4) is 0 Å². The van der Waals surface area contributed by atoms with E-state index < -0.39 is 42.3 Å². The molecule has 9 aromatic rings. The average Bonchev–Trinajstić information content (AvgIpc) is 3.59. The first-order valence-electron chi connectivity index (χ1n) is 19.2. The van der Waals surface area contributed by atoms with E-state index in [1.165, 1.54) is 0 Å². The molecule has 0 bridgehead atoms. The zero-order valence-electron chi connectivity index (χ0n) is 32.9. The summed E-state index contributed by atoms with van der Waals surface area (Å²) in [5, 5.41) is 3.25. The van der Waals surface area contributed by atoms with Gasteiger partial charge in [0.1, 0.15) is 11.2 Å². The molecule has 0 spiro atoms. The molecular formula is C44H28O. The van der Waals surface area contributed by atoms with Crippen molar-refractivity contribution in [2.75, 3.05) is 0 Å². The Bertz CT molecular complexity index is 3010. The molecule has 1 nitrogen and oxygen atoms in total. The highest BCUT2D eigenvalue weighted by Crippen LogP contribution is 2.46. The summed E-state index contributed by atoms with van der Waals surface area (Å²) in [6, 6.07) is 32.8. The highest BCUT2D eigenvalue weighted by molar-refractivity contribution is 6.22. The van der Waals surface area contributed by atoms with E-state index in [0.29, 0.717) is 21.9 Å². The normalized spacial score (nSPS) is 14.4. The van der Waals surface area contributed by atoms with Gasteiger partial charge in [-0.2, -0.15) is 0 Å². The molecule has 0 aliphatic carbocycles. The molecule has 9 rings (SSSR count). The van der Waals surface area contributed by atoms with Gasteiger partial charge < -0.3 is 4.42 Å². The van der Waals surface area contributed by atoms with Crippen molar-refractivity contribution < 1.29 is 16.8 Å². The van der Waals surface area contributed by atoms with E-state index in [-0.39, 0.29) is 34.0 Å². The number of furan rings is 1. The zero-order valence-corrected chi connectivity index (χ0v) is 23.9. The number of fused-ring (bicyclic) bond motifs is 5. The van der Waals surface area contributed by atoms with Gasteiger partial charge in [0, 0.05) is 10.8 Å². The van der Waals surface area contributed by atoms with Crippen LogP contribution in [-0.2, 0) is 0 Å². The van der Waals surface area contributed by atoms with Gasteiger partial charge in [-0.3, -0.25) is 0 Å². The molecular weight excluding hydrogens is 544 g/mol. The number of rotatable bonds is 4. The van der Waals surface area contributed by atoms with Gasteiger partial charge >= 0.3 is 0 Å². The molecule has 0 aliphatic rings. The van der Waals surface area contributed by atoms with Gasteiger partial charge in [0.15, 0.2) is 0 Å². The van der Waals surface area contributed by atoms with Crippen LogP contribution in [-0.4, -0.2) is 0 Å². The molecule has 45 heavy (non-hydrogen) atoms. The van der Waals surface area contributed by atoms with Gasteiger partial charge in [0.05, 0.1) is 12.3 Å². The monoisotopic (exact) mass is 581 g/mol. The summed E-state index contributed by atoms with van der Waals surface area (Å²) in [7, 11) is 0. The van der Waals surface area contributed by atoms with E-state index in [1.807, 2.05) is 115 Å². The van der Waals surface area contributed by atoms with Crippen LogP contribution in [0.25, 0.3) is 88.0 Å². The summed E-state index contributed by atoms with van der Waals surface area (Å²) in [6.07, 6.45) is 0. The molecule has 0 radical (unpaired) electrons. The van der Waals surface area contributed by atoms with Gasteiger partial charge in [0.25, 0.3) is 0 Å². The molecule has 0 aliphatic heterocycles. The van der Waals surface area contributed by atoms with Crippen LogP contribution in [0.5, 0.6) is 0 Å². The smallest absolute Gasteiger partial charge is 0.136 e. The van der Waals surface area contributed by atoms with Gasteiger partial charge in [-0.25, -0.2) is 0 Å². The Morgan fingerprint density at radius 3 is 1.89 bits per heavy atom. The SMILES string of the molecule is [2H]c1c([2H])c([2H])c(-c2c3cc(-c4ccccc4)ccc3c(-c3cccc(-c4cccc5oc6ccccc6c45)c3)c3c([2H])c([2H])c([2H])c([2H])c23)c([2H])c1[2H]. The fraction of sp³-hybridized carbons (Fsp3) is 0. The van der Waals surface area contributed by atoms with Crippen LogP contribution in [0, 0.1) is 0 Å². The first kappa shape index (κ1) is 18.0. The van der Waals surface area contributed by atoms with E-state index in [2.05, 4.69) is 0 Å². The molecule has 0 fully saturated rings. The maximum Gasteiger partial charge on any atom is 0.136 e. The Kier molecular flexibility index (Phi) is 4.15. The third-order valence-electron chi connectivity index (χ3n) is 8.47. The Balaban J connectivity index is 1.46. The summed E-state index contributed by atoms with van der Waals surface area (Å²) < 4.78 is 86.0. The highest BCUT2D eigenvalue weighted by atomic mass is 16.3. The fourth-order valence-corrected chi connectivity index (χ4v) is 6.53. The minimum atomic E-state index is -0.553. The molecule has 0 saturated carbocycles. The largest absolute Gasteiger partial charge is 0.456 e. The van der Waals surface area contributed by atoms with Crippen molar-refractivity contribution >= 4 is 43.5 Å². The third kappa shape index (κ3) is 4.17. The number of benzene rings is 8. The topological polar surface area (TPSA) is 13.1 Å². The lowest BCUT2D eigenvalue weighted by molar-refractivity contribution is 0.669. The van der Waals surface area contributed by atoms with Gasteiger partial charge in [-0.05, 0) is 90.3 Å². The second-order valence-corrected chi connectivity index (χ2v) is 11.0. The summed E-state index contributed by atoms with van der Waals surface area (Å²) in [4.78, 5) is 0. The van der Waals surface area contributed by atoms with Gasteiger partial charge in [-0.1, -0.05) is 145 Å². The molecule has 0 amide bonds. The maximum absolute atomic E-state index is 9.35. The van der Waals surface area contributed by atoms with Crippen LogP contribution in [0.4, 0.5) is 0 Å². The predicted octanol–water partition coefficient (Wildman–Crippen LogP) is 12.6. The Hall–Kier alpha value is -5.92. The van der Waals surface area contributed by atoms with E-state index in [4.69, 9.17) is 14.0 Å². The number of hydrogen-bond acceptors (Lipinski definition) is 1. The van der Waals surface area contributed by atoms with Crippen molar-refractivity contribution in [3.63, 3.8) is 0 Å². The summed E-state index contributed by atoms with van der Waals surface area (Å²) in [5.74, 6) is 0. The van der Waals surface area contributed by atoms with Crippen molar-refractivity contribution in [2.24, 2.45) is 0 Å².